The minimum Gasteiger partial charge on any atom is -0.493 e. The fourth-order valence-corrected chi connectivity index (χ4v) is 3.51. The third-order valence-electron chi connectivity index (χ3n) is 4.61. The Morgan fingerprint density at radius 3 is 2.69 bits per heavy atom. The van der Waals surface area contributed by atoms with Gasteiger partial charge in [-0.1, -0.05) is 29.8 Å². The van der Waals surface area contributed by atoms with E-state index in [1.807, 2.05) is 44.3 Å². The number of H-pyrrole nitrogens is 1. The van der Waals surface area contributed by atoms with Gasteiger partial charge in [-0.15, -0.1) is 0 Å². The summed E-state index contributed by atoms with van der Waals surface area (Å²) in [5.74, 6) is 0.165. The van der Waals surface area contributed by atoms with Crippen LogP contribution in [0.4, 0.5) is 0 Å². The standard InChI is InChI=1S/C22H25ClN2O4/c1-13(2)29-21-15(8-16(23)10-20(21)28-3)12-25-19(22(26)27)9-14-11-24-18-7-5-4-6-17(14)18/h4-8,10-11,13,19,24-25H,9,12H2,1-3H3,(H,26,27)/t19-/m0/s1. The molecule has 0 aliphatic carbocycles. The van der Waals surface area contributed by atoms with E-state index in [2.05, 4.69) is 10.3 Å². The number of aromatic amines is 1. The lowest BCUT2D eigenvalue weighted by atomic mass is 10.0. The van der Waals surface area contributed by atoms with Crippen molar-refractivity contribution in [2.75, 3.05) is 7.11 Å². The van der Waals surface area contributed by atoms with Crippen LogP contribution in [0.15, 0.2) is 42.6 Å². The van der Waals surface area contributed by atoms with Gasteiger partial charge in [-0.2, -0.15) is 0 Å². The van der Waals surface area contributed by atoms with Gasteiger partial charge in [0.05, 0.1) is 13.2 Å². The Morgan fingerprint density at radius 2 is 2.00 bits per heavy atom. The van der Waals surface area contributed by atoms with Gasteiger partial charge in [0.2, 0.25) is 0 Å². The van der Waals surface area contributed by atoms with Crippen molar-refractivity contribution in [2.45, 2.75) is 39.0 Å². The van der Waals surface area contributed by atoms with Gasteiger partial charge < -0.3 is 19.6 Å². The third-order valence-corrected chi connectivity index (χ3v) is 4.82. The maximum atomic E-state index is 11.9. The van der Waals surface area contributed by atoms with E-state index in [1.54, 1.807) is 19.2 Å². The number of carboxylic acid groups (broad SMARTS) is 1. The van der Waals surface area contributed by atoms with Crippen LogP contribution in [0.25, 0.3) is 10.9 Å². The maximum Gasteiger partial charge on any atom is 0.321 e. The molecule has 0 aliphatic rings. The first-order valence-corrected chi connectivity index (χ1v) is 9.81. The minimum atomic E-state index is -0.921. The number of ether oxygens (including phenoxy) is 2. The normalized spacial score (nSPS) is 12.3. The topological polar surface area (TPSA) is 83.6 Å². The zero-order valence-electron chi connectivity index (χ0n) is 16.7. The van der Waals surface area contributed by atoms with Crippen LogP contribution in [-0.4, -0.2) is 35.3 Å². The highest BCUT2D eigenvalue weighted by atomic mass is 35.5. The second-order valence-electron chi connectivity index (χ2n) is 7.10. The highest BCUT2D eigenvalue weighted by molar-refractivity contribution is 6.30. The number of hydrogen-bond donors (Lipinski definition) is 3. The second-order valence-corrected chi connectivity index (χ2v) is 7.53. The summed E-state index contributed by atoms with van der Waals surface area (Å²) in [4.78, 5) is 15.1. The van der Waals surface area contributed by atoms with Crippen LogP contribution in [0.3, 0.4) is 0 Å². The van der Waals surface area contributed by atoms with Gasteiger partial charge in [0.15, 0.2) is 11.5 Å². The van der Waals surface area contributed by atoms with Crippen molar-refractivity contribution in [3.8, 4) is 11.5 Å². The molecule has 3 rings (SSSR count). The highest BCUT2D eigenvalue weighted by Crippen LogP contribution is 2.35. The Bertz CT molecular complexity index is 1000. The molecule has 1 atom stereocenters. The molecule has 3 N–H and O–H groups in total. The second kappa shape index (κ2) is 9.20. The van der Waals surface area contributed by atoms with Gasteiger partial charge in [0, 0.05) is 46.7 Å². The van der Waals surface area contributed by atoms with Crippen molar-refractivity contribution < 1.29 is 19.4 Å². The number of methoxy groups -OCH3 is 1. The van der Waals surface area contributed by atoms with Gasteiger partial charge >= 0.3 is 5.97 Å². The number of carbonyl (C=O) groups is 1. The first-order chi connectivity index (χ1) is 13.9. The molecule has 0 bridgehead atoms. The molecule has 29 heavy (non-hydrogen) atoms. The molecular formula is C22H25ClN2O4. The Labute approximate surface area is 174 Å². The molecule has 0 spiro atoms. The fourth-order valence-electron chi connectivity index (χ4n) is 3.28. The number of rotatable bonds is 9. The molecule has 1 heterocycles. The molecule has 0 aliphatic heterocycles. The Balaban J connectivity index is 1.82. The molecule has 0 amide bonds. The zero-order valence-corrected chi connectivity index (χ0v) is 17.4. The largest absolute Gasteiger partial charge is 0.493 e. The van der Waals surface area contributed by atoms with Crippen LogP contribution in [-0.2, 0) is 17.8 Å². The van der Waals surface area contributed by atoms with Gasteiger partial charge in [-0.3, -0.25) is 10.1 Å². The van der Waals surface area contributed by atoms with Crippen molar-refractivity contribution in [1.29, 1.82) is 0 Å². The van der Waals surface area contributed by atoms with Crippen molar-refractivity contribution in [2.24, 2.45) is 0 Å². The first-order valence-electron chi connectivity index (χ1n) is 9.43. The van der Waals surface area contributed by atoms with Gasteiger partial charge in [-0.05, 0) is 31.5 Å². The monoisotopic (exact) mass is 416 g/mol. The van der Waals surface area contributed by atoms with Crippen LogP contribution < -0.4 is 14.8 Å². The third kappa shape index (κ3) is 5.02. The number of nitrogens with one attached hydrogen (secondary N) is 2. The van der Waals surface area contributed by atoms with Crippen LogP contribution in [0.5, 0.6) is 11.5 Å². The number of aromatic nitrogens is 1. The van der Waals surface area contributed by atoms with Gasteiger partial charge in [0.1, 0.15) is 6.04 Å². The number of carboxylic acids is 1. The lowest BCUT2D eigenvalue weighted by Crippen LogP contribution is -2.38. The van der Waals surface area contributed by atoms with E-state index in [1.165, 1.54) is 0 Å². The maximum absolute atomic E-state index is 11.9. The van der Waals surface area contributed by atoms with Crippen LogP contribution in [0.2, 0.25) is 5.02 Å². The summed E-state index contributed by atoms with van der Waals surface area (Å²) in [6.07, 6.45) is 2.14. The zero-order chi connectivity index (χ0) is 21.0. The van der Waals surface area contributed by atoms with E-state index in [0.29, 0.717) is 22.9 Å². The predicted octanol–water partition coefficient (Wildman–Crippen LogP) is 4.40. The number of para-hydroxylation sites is 1. The molecule has 0 saturated heterocycles. The molecule has 0 fully saturated rings. The summed E-state index contributed by atoms with van der Waals surface area (Å²) in [6.45, 7) is 4.11. The summed E-state index contributed by atoms with van der Waals surface area (Å²) >= 11 is 6.21. The molecule has 0 unspecified atom stereocenters. The van der Waals surface area contributed by atoms with Crippen LogP contribution in [0.1, 0.15) is 25.0 Å². The predicted molar refractivity (Wildman–Crippen MR) is 114 cm³/mol. The van der Waals surface area contributed by atoms with E-state index < -0.39 is 12.0 Å². The highest BCUT2D eigenvalue weighted by Gasteiger charge is 2.21. The Morgan fingerprint density at radius 1 is 1.24 bits per heavy atom. The van der Waals surface area contributed by atoms with E-state index >= 15 is 0 Å². The van der Waals surface area contributed by atoms with Gasteiger partial charge in [-0.25, -0.2) is 0 Å². The average Bonchev–Trinajstić information content (AvgIpc) is 3.09. The molecule has 1 aromatic heterocycles. The lowest BCUT2D eigenvalue weighted by molar-refractivity contribution is -0.139. The lowest BCUT2D eigenvalue weighted by Gasteiger charge is -2.20. The summed E-state index contributed by atoms with van der Waals surface area (Å²) in [5, 5.41) is 14.4. The van der Waals surface area contributed by atoms with Crippen molar-refractivity contribution in [3.05, 3.63) is 58.7 Å². The summed E-state index contributed by atoms with van der Waals surface area (Å²) in [7, 11) is 1.55. The molecule has 0 radical (unpaired) electrons. The van der Waals surface area contributed by atoms with Crippen LogP contribution in [0, 0.1) is 0 Å². The number of aliphatic carboxylic acids is 1. The van der Waals surface area contributed by atoms with E-state index in [4.69, 9.17) is 21.1 Å². The van der Waals surface area contributed by atoms with E-state index in [-0.39, 0.29) is 12.6 Å². The summed E-state index contributed by atoms with van der Waals surface area (Å²) in [6, 6.07) is 10.5. The summed E-state index contributed by atoms with van der Waals surface area (Å²) in [5.41, 5.74) is 2.68. The van der Waals surface area contributed by atoms with E-state index in [9.17, 15) is 9.90 Å². The number of benzene rings is 2. The molecule has 3 aromatic rings. The quantitative estimate of drug-likeness (QED) is 0.481. The first kappa shape index (κ1) is 21.0. The minimum absolute atomic E-state index is 0.0645. The van der Waals surface area contributed by atoms with E-state index in [0.717, 1.165) is 22.0 Å². The van der Waals surface area contributed by atoms with Crippen molar-refractivity contribution in [1.82, 2.24) is 10.3 Å². The SMILES string of the molecule is COc1cc(Cl)cc(CN[C@@H](Cc2c[nH]c3ccccc23)C(=O)O)c1OC(C)C. The summed E-state index contributed by atoms with van der Waals surface area (Å²) < 4.78 is 11.3. The fraction of sp³-hybridized carbons (Fsp3) is 0.318. The number of fused-ring (bicyclic) bond motifs is 1. The van der Waals surface area contributed by atoms with Crippen LogP contribution >= 0.6 is 11.6 Å². The molecule has 154 valence electrons. The van der Waals surface area contributed by atoms with Crippen molar-refractivity contribution in [3.63, 3.8) is 0 Å². The number of halogens is 1. The van der Waals surface area contributed by atoms with Crippen molar-refractivity contribution >= 4 is 28.5 Å². The Kier molecular flexibility index (Phi) is 6.67. The molecule has 7 heteroatoms. The Hall–Kier alpha value is -2.70. The molecular weight excluding hydrogens is 392 g/mol. The molecule has 6 nitrogen and oxygen atoms in total. The number of hydrogen-bond acceptors (Lipinski definition) is 4. The molecule has 2 aromatic carbocycles. The average molecular weight is 417 g/mol. The molecule has 0 saturated carbocycles. The smallest absolute Gasteiger partial charge is 0.321 e. The van der Waals surface area contributed by atoms with Gasteiger partial charge in [0.25, 0.3) is 0 Å².